The molecular formula is C9H18N2O. The minimum absolute atomic E-state index is 0.487. The molecule has 2 heterocycles. The van der Waals surface area contributed by atoms with Crippen LogP contribution < -0.4 is 10.6 Å². The maximum absolute atomic E-state index is 5.73. The Kier molecular flexibility index (Phi) is 2.98. The second-order valence-electron chi connectivity index (χ2n) is 3.70. The Bertz CT molecular complexity index is 112. The highest BCUT2D eigenvalue weighted by Crippen LogP contribution is 2.19. The zero-order valence-electron chi connectivity index (χ0n) is 7.51. The van der Waals surface area contributed by atoms with E-state index in [1.54, 1.807) is 0 Å². The second kappa shape index (κ2) is 4.21. The third kappa shape index (κ3) is 1.97. The lowest BCUT2D eigenvalue weighted by atomic mass is 9.91. The molecule has 0 spiro atoms. The van der Waals surface area contributed by atoms with Gasteiger partial charge in [0.15, 0.2) is 0 Å². The number of hydrogen-bond acceptors (Lipinski definition) is 3. The zero-order valence-corrected chi connectivity index (χ0v) is 7.51. The second-order valence-corrected chi connectivity index (χ2v) is 3.70. The van der Waals surface area contributed by atoms with E-state index in [2.05, 4.69) is 10.6 Å². The predicted octanol–water partition coefficient (Wildman–Crippen LogP) is -0.0256. The number of rotatable bonds is 1. The van der Waals surface area contributed by atoms with Gasteiger partial charge in [-0.2, -0.15) is 0 Å². The van der Waals surface area contributed by atoms with Gasteiger partial charge >= 0.3 is 0 Å². The Morgan fingerprint density at radius 3 is 2.50 bits per heavy atom. The lowest BCUT2D eigenvalue weighted by Gasteiger charge is -2.33. The van der Waals surface area contributed by atoms with Crippen LogP contribution in [-0.4, -0.2) is 38.9 Å². The molecule has 2 saturated heterocycles. The molecule has 2 aliphatic rings. The molecule has 3 nitrogen and oxygen atoms in total. The van der Waals surface area contributed by atoms with Crippen LogP contribution in [0.1, 0.15) is 12.8 Å². The fourth-order valence-corrected chi connectivity index (χ4v) is 2.10. The summed E-state index contributed by atoms with van der Waals surface area (Å²) < 4.78 is 5.73. The standard InChI is InChI=1S/C9H18N2O/c1-3-10-4-2-8(1)9-7-11-5-6-12-9/h8-11H,1-7H2. The van der Waals surface area contributed by atoms with Gasteiger partial charge in [-0.15, -0.1) is 0 Å². The van der Waals surface area contributed by atoms with Crippen molar-refractivity contribution in [2.24, 2.45) is 5.92 Å². The first-order valence-corrected chi connectivity index (χ1v) is 5.00. The van der Waals surface area contributed by atoms with E-state index >= 15 is 0 Å². The van der Waals surface area contributed by atoms with Crippen LogP contribution in [0.25, 0.3) is 0 Å². The molecule has 0 bridgehead atoms. The van der Waals surface area contributed by atoms with Gasteiger partial charge in [0.2, 0.25) is 0 Å². The minimum atomic E-state index is 0.487. The van der Waals surface area contributed by atoms with Crippen LogP contribution in [0, 0.1) is 5.92 Å². The van der Waals surface area contributed by atoms with Crippen molar-refractivity contribution in [1.82, 2.24) is 10.6 Å². The highest BCUT2D eigenvalue weighted by atomic mass is 16.5. The van der Waals surface area contributed by atoms with Gasteiger partial charge < -0.3 is 15.4 Å². The van der Waals surface area contributed by atoms with Gasteiger partial charge in [-0.05, 0) is 31.8 Å². The molecule has 2 rings (SSSR count). The molecule has 2 aliphatic heterocycles. The van der Waals surface area contributed by atoms with Gasteiger partial charge in [0, 0.05) is 13.1 Å². The highest BCUT2D eigenvalue weighted by molar-refractivity contribution is 4.79. The van der Waals surface area contributed by atoms with Crippen molar-refractivity contribution in [2.75, 3.05) is 32.8 Å². The third-order valence-corrected chi connectivity index (χ3v) is 2.87. The van der Waals surface area contributed by atoms with E-state index in [9.17, 15) is 0 Å². The summed E-state index contributed by atoms with van der Waals surface area (Å²) >= 11 is 0. The molecule has 0 radical (unpaired) electrons. The molecule has 1 unspecified atom stereocenters. The van der Waals surface area contributed by atoms with Gasteiger partial charge in [0.25, 0.3) is 0 Å². The molecule has 0 aromatic rings. The third-order valence-electron chi connectivity index (χ3n) is 2.87. The van der Waals surface area contributed by atoms with Crippen molar-refractivity contribution in [3.8, 4) is 0 Å². The average molecular weight is 170 g/mol. The Morgan fingerprint density at radius 2 is 1.83 bits per heavy atom. The van der Waals surface area contributed by atoms with E-state index in [0.29, 0.717) is 6.10 Å². The van der Waals surface area contributed by atoms with Crippen molar-refractivity contribution in [1.29, 1.82) is 0 Å². The summed E-state index contributed by atoms with van der Waals surface area (Å²) in [6.45, 7) is 5.33. The molecule has 12 heavy (non-hydrogen) atoms. The number of morpholine rings is 1. The average Bonchev–Trinajstić information content (AvgIpc) is 2.21. The summed E-state index contributed by atoms with van der Waals surface area (Å²) in [5, 5.41) is 6.76. The first-order valence-electron chi connectivity index (χ1n) is 5.00. The van der Waals surface area contributed by atoms with Crippen molar-refractivity contribution in [3.05, 3.63) is 0 Å². The number of ether oxygens (including phenoxy) is 1. The van der Waals surface area contributed by atoms with E-state index in [1.165, 1.54) is 25.9 Å². The molecule has 1 atom stereocenters. The summed E-state index contributed by atoms with van der Waals surface area (Å²) in [5.41, 5.74) is 0. The minimum Gasteiger partial charge on any atom is -0.375 e. The van der Waals surface area contributed by atoms with Gasteiger partial charge in [0.1, 0.15) is 0 Å². The molecule has 0 saturated carbocycles. The lowest BCUT2D eigenvalue weighted by Crippen LogP contribution is -2.45. The molecule has 3 heteroatoms. The van der Waals surface area contributed by atoms with Gasteiger partial charge in [-0.25, -0.2) is 0 Å². The summed E-state index contributed by atoms with van der Waals surface area (Å²) in [5.74, 6) is 0.791. The molecule has 2 N–H and O–H groups in total. The lowest BCUT2D eigenvalue weighted by molar-refractivity contribution is -0.0171. The van der Waals surface area contributed by atoms with Crippen molar-refractivity contribution >= 4 is 0 Å². The van der Waals surface area contributed by atoms with Crippen LogP contribution in [0.5, 0.6) is 0 Å². The largest absolute Gasteiger partial charge is 0.375 e. The first kappa shape index (κ1) is 8.48. The molecule has 0 aliphatic carbocycles. The Labute approximate surface area is 73.9 Å². The van der Waals surface area contributed by atoms with Crippen molar-refractivity contribution in [3.63, 3.8) is 0 Å². The summed E-state index contributed by atoms with van der Waals surface area (Å²) in [7, 11) is 0. The maximum atomic E-state index is 5.73. The first-order chi connectivity index (χ1) is 5.97. The molecule has 0 amide bonds. The zero-order chi connectivity index (χ0) is 8.23. The van der Waals surface area contributed by atoms with Crippen LogP contribution >= 0.6 is 0 Å². The smallest absolute Gasteiger partial charge is 0.0729 e. The topological polar surface area (TPSA) is 33.3 Å². The normalized spacial score (nSPS) is 33.5. The van der Waals surface area contributed by atoms with Gasteiger partial charge in [-0.3, -0.25) is 0 Å². The molecule has 2 fully saturated rings. The Morgan fingerprint density at radius 1 is 1.00 bits per heavy atom. The van der Waals surface area contributed by atoms with Crippen molar-refractivity contribution < 1.29 is 4.74 Å². The molecule has 70 valence electrons. The van der Waals surface area contributed by atoms with Crippen LogP contribution in [-0.2, 0) is 4.74 Å². The monoisotopic (exact) mass is 170 g/mol. The van der Waals surface area contributed by atoms with Gasteiger partial charge in [0.05, 0.1) is 12.7 Å². The maximum Gasteiger partial charge on any atom is 0.0729 e. The quantitative estimate of drug-likeness (QED) is 0.580. The van der Waals surface area contributed by atoms with Crippen LogP contribution in [0.2, 0.25) is 0 Å². The van der Waals surface area contributed by atoms with Crippen molar-refractivity contribution in [2.45, 2.75) is 18.9 Å². The highest BCUT2D eigenvalue weighted by Gasteiger charge is 2.25. The number of nitrogens with one attached hydrogen (secondary N) is 2. The fraction of sp³-hybridized carbons (Fsp3) is 1.00. The van der Waals surface area contributed by atoms with E-state index in [1.807, 2.05) is 0 Å². The van der Waals surface area contributed by atoms with Crippen LogP contribution in [0.15, 0.2) is 0 Å². The van der Waals surface area contributed by atoms with E-state index in [4.69, 9.17) is 4.74 Å². The SMILES string of the molecule is C1CC(C2CNCCO2)CCN1. The summed E-state index contributed by atoms with van der Waals surface area (Å²) in [4.78, 5) is 0. The molecule has 0 aromatic carbocycles. The fourth-order valence-electron chi connectivity index (χ4n) is 2.10. The summed E-state index contributed by atoms with van der Waals surface area (Å²) in [6.07, 6.45) is 3.06. The van der Waals surface area contributed by atoms with Gasteiger partial charge in [-0.1, -0.05) is 0 Å². The number of hydrogen-bond donors (Lipinski definition) is 2. The summed E-state index contributed by atoms with van der Waals surface area (Å²) in [6, 6.07) is 0. The van der Waals surface area contributed by atoms with Crippen LogP contribution in [0.3, 0.4) is 0 Å². The van der Waals surface area contributed by atoms with Crippen LogP contribution in [0.4, 0.5) is 0 Å². The van der Waals surface area contributed by atoms with E-state index in [-0.39, 0.29) is 0 Å². The number of piperidine rings is 1. The Balaban J connectivity index is 1.80. The predicted molar refractivity (Wildman–Crippen MR) is 48.2 cm³/mol. The van der Waals surface area contributed by atoms with E-state index in [0.717, 1.165) is 25.6 Å². The molecular weight excluding hydrogens is 152 g/mol. The molecule has 0 aromatic heterocycles. The Hall–Kier alpha value is -0.120. The van der Waals surface area contributed by atoms with E-state index < -0.39 is 0 Å².